The third kappa shape index (κ3) is 4.45. The van der Waals surface area contributed by atoms with E-state index < -0.39 is 0 Å². The predicted molar refractivity (Wildman–Crippen MR) is 212 cm³/mol. The predicted octanol–water partition coefficient (Wildman–Crippen LogP) is 13.8. The molecule has 0 amide bonds. The molecule has 0 spiro atoms. The van der Waals surface area contributed by atoms with Crippen LogP contribution in [0.3, 0.4) is 0 Å². The summed E-state index contributed by atoms with van der Waals surface area (Å²) < 4.78 is 2.66. The fraction of sp³-hybridized carbons (Fsp3) is 0.0638. The maximum Gasteiger partial charge on any atom is 0.0468 e. The summed E-state index contributed by atoms with van der Waals surface area (Å²) in [7, 11) is 0. The molecule has 0 unspecified atom stereocenters. The van der Waals surface area contributed by atoms with Gasteiger partial charge in [-0.05, 0) is 116 Å². The van der Waals surface area contributed by atoms with Crippen LogP contribution in [0.25, 0.3) is 64.0 Å². The quantitative estimate of drug-likeness (QED) is 0.184. The highest BCUT2D eigenvalue weighted by Crippen LogP contribution is 2.51. The van der Waals surface area contributed by atoms with Gasteiger partial charge >= 0.3 is 0 Å². The summed E-state index contributed by atoms with van der Waals surface area (Å²) in [6.45, 7) is 4.72. The maximum absolute atomic E-state index is 2.43. The molecule has 1 heterocycles. The summed E-state index contributed by atoms with van der Waals surface area (Å²) in [6, 6.07) is 60.8. The van der Waals surface area contributed by atoms with Crippen molar-refractivity contribution in [3.05, 3.63) is 175 Å². The number of rotatable bonds is 4. The lowest BCUT2D eigenvalue weighted by atomic mass is 9.82. The second-order valence-corrected chi connectivity index (χ2v) is 14.9. The van der Waals surface area contributed by atoms with Gasteiger partial charge in [-0.2, -0.15) is 0 Å². The molecule has 1 aliphatic rings. The monoisotopic (exact) mass is 643 g/mol. The Balaban J connectivity index is 1.13. The molecule has 9 aromatic rings. The van der Waals surface area contributed by atoms with Crippen molar-refractivity contribution in [3.63, 3.8) is 0 Å². The summed E-state index contributed by atoms with van der Waals surface area (Å²) in [4.78, 5) is 2.43. The molecule has 1 nitrogen and oxygen atoms in total. The first-order valence-corrected chi connectivity index (χ1v) is 17.8. The minimum atomic E-state index is -0.0796. The number of fused-ring (bicyclic) bond motifs is 8. The molecule has 0 atom stereocenters. The molecule has 0 saturated heterocycles. The average molecular weight is 644 g/mol. The van der Waals surface area contributed by atoms with Crippen LogP contribution in [0.1, 0.15) is 25.0 Å². The number of hydrogen-bond donors (Lipinski definition) is 0. The molecule has 49 heavy (non-hydrogen) atoms. The van der Waals surface area contributed by atoms with Crippen molar-refractivity contribution in [3.8, 4) is 22.3 Å². The van der Waals surface area contributed by atoms with Gasteiger partial charge in [0.25, 0.3) is 0 Å². The van der Waals surface area contributed by atoms with Gasteiger partial charge in [-0.15, -0.1) is 11.3 Å². The van der Waals surface area contributed by atoms with Crippen LogP contribution in [0.4, 0.5) is 17.1 Å². The smallest absolute Gasteiger partial charge is 0.0468 e. The molecule has 8 aromatic carbocycles. The first-order chi connectivity index (χ1) is 24.0. The summed E-state index contributed by atoms with van der Waals surface area (Å²) in [6.07, 6.45) is 0. The van der Waals surface area contributed by atoms with Gasteiger partial charge in [0, 0.05) is 42.6 Å². The van der Waals surface area contributed by atoms with E-state index in [1.165, 1.54) is 80.8 Å². The van der Waals surface area contributed by atoms with Gasteiger partial charge in [-0.25, -0.2) is 0 Å². The van der Waals surface area contributed by atoms with Crippen molar-refractivity contribution in [2.45, 2.75) is 19.3 Å². The number of anilines is 3. The fourth-order valence-corrected chi connectivity index (χ4v) is 9.18. The van der Waals surface area contributed by atoms with E-state index >= 15 is 0 Å². The van der Waals surface area contributed by atoms with Crippen molar-refractivity contribution in [2.75, 3.05) is 4.90 Å². The Morgan fingerprint density at radius 2 is 1.06 bits per heavy atom. The van der Waals surface area contributed by atoms with Gasteiger partial charge in [-0.3, -0.25) is 0 Å². The van der Waals surface area contributed by atoms with Gasteiger partial charge in [0.1, 0.15) is 0 Å². The third-order valence-electron chi connectivity index (χ3n) is 10.6. The largest absolute Gasteiger partial charge is 0.310 e. The van der Waals surface area contributed by atoms with Gasteiger partial charge in [0.2, 0.25) is 0 Å². The Hall–Kier alpha value is -5.70. The lowest BCUT2D eigenvalue weighted by Gasteiger charge is -2.28. The fourth-order valence-electron chi connectivity index (χ4n) is 8.05. The molecule has 232 valence electrons. The SMILES string of the molecule is CC1(C)c2ccccc2-c2ccc(N(c3ccc(-c4ccc5ccccc5c4)cc3)c3ccc4cc5c(cc4c3)sc3ccccc35)cc21. The van der Waals surface area contributed by atoms with E-state index in [0.29, 0.717) is 0 Å². The third-order valence-corrected chi connectivity index (χ3v) is 11.7. The van der Waals surface area contributed by atoms with E-state index in [2.05, 4.69) is 183 Å². The lowest BCUT2D eigenvalue weighted by molar-refractivity contribution is 0.660. The molecule has 10 rings (SSSR count). The highest BCUT2D eigenvalue weighted by molar-refractivity contribution is 7.25. The van der Waals surface area contributed by atoms with Crippen LogP contribution in [0.5, 0.6) is 0 Å². The number of nitrogens with zero attached hydrogens (tertiary/aromatic N) is 1. The second kappa shape index (κ2) is 10.7. The zero-order valence-corrected chi connectivity index (χ0v) is 28.3. The first-order valence-electron chi connectivity index (χ1n) is 17.0. The van der Waals surface area contributed by atoms with Crippen molar-refractivity contribution in [1.82, 2.24) is 0 Å². The highest BCUT2D eigenvalue weighted by atomic mass is 32.1. The van der Waals surface area contributed by atoms with Crippen molar-refractivity contribution in [1.29, 1.82) is 0 Å². The van der Waals surface area contributed by atoms with Crippen molar-refractivity contribution in [2.24, 2.45) is 0 Å². The lowest BCUT2D eigenvalue weighted by Crippen LogP contribution is -2.16. The molecule has 1 aromatic heterocycles. The maximum atomic E-state index is 2.43. The summed E-state index contributed by atoms with van der Waals surface area (Å²) >= 11 is 1.88. The molecular weight excluding hydrogens is 611 g/mol. The normalized spacial score (nSPS) is 13.3. The molecular formula is C47H33NS. The Kier molecular flexibility index (Phi) is 6.16. The molecule has 0 aliphatic heterocycles. The van der Waals surface area contributed by atoms with E-state index in [9.17, 15) is 0 Å². The van der Waals surface area contributed by atoms with Gasteiger partial charge < -0.3 is 4.90 Å². The first kappa shape index (κ1) is 28.3. The Labute approximate surface area is 290 Å². The summed E-state index contributed by atoms with van der Waals surface area (Å²) in [5, 5.41) is 7.71. The Morgan fingerprint density at radius 1 is 0.408 bits per heavy atom. The summed E-state index contributed by atoms with van der Waals surface area (Å²) in [5.74, 6) is 0. The van der Waals surface area contributed by atoms with Crippen molar-refractivity contribution < 1.29 is 0 Å². The van der Waals surface area contributed by atoms with Crippen LogP contribution in [0, 0.1) is 0 Å². The molecule has 1 aliphatic carbocycles. The second-order valence-electron chi connectivity index (χ2n) is 13.8. The van der Waals surface area contributed by atoms with Crippen LogP contribution in [-0.4, -0.2) is 0 Å². The van der Waals surface area contributed by atoms with E-state index in [1.54, 1.807) is 0 Å². The van der Waals surface area contributed by atoms with E-state index in [1.807, 2.05) is 11.3 Å². The molecule has 0 fully saturated rings. The number of hydrogen-bond acceptors (Lipinski definition) is 2. The molecule has 0 N–H and O–H groups in total. The van der Waals surface area contributed by atoms with Crippen LogP contribution in [-0.2, 0) is 5.41 Å². The number of thiophene rings is 1. The van der Waals surface area contributed by atoms with Crippen LogP contribution in [0.15, 0.2) is 164 Å². The minimum absolute atomic E-state index is 0.0796. The van der Waals surface area contributed by atoms with Crippen LogP contribution < -0.4 is 4.90 Å². The Bertz CT molecular complexity index is 2750. The van der Waals surface area contributed by atoms with Gasteiger partial charge in [0.05, 0.1) is 0 Å². The zero-order valence-electron chi connectivity index (χ0n) is 27.4. The van der Waals surface area contributed by atoms with Gasteiger partial charge in [0.15, 0.2) is 0 Å². The zero-order chi connectivity index (χ0) is 32.7. The molecule has 0 radical (unpaired) electrons. The van der Waals surface area contributed by atoms with Crippen molar-refractivity contribution >= 4 is 70.1 Å². The molecule has 0 bridgehead atoms. The molecule has 2 heteroatoms. The van der Waals surface area contributed by atoms with E-state index in [-0.39, 0.29) is 5.41 Å². The van der Waals surface area contributed by atoms with E-state index in [4.69, 9.17) is 0 Å². The van der Waals surface area contributed by atoms with Gasteiger partial charge in [-0.1, -0.05) is 117 Å². The number of benzene rings is 8. The van der Waals surface area contributed by atoms with E-state index in [0.717, 1.165) is 11.4 Å². The molecule has 0 saturated carbocycles. The average Bonchev–Trinajstić information content (AvgIpc) is 3.62. The standard InChI is InChI=1S/C47H33NS/c1-47(2)43-13-7-5-11-39(43)40-24-23-38(29-44(40)47)48(36-20-17-31(18-21-36)33-16-15-30-9-3-4-10-32(30)25-33)37-22-19-34-27-42-41-12-6-8-14-45(41)49-46(42)28-35(34)26-37/h3-29H,1-2H3. The van der Waals surface area contributed by atoms with Crippen LogP contribution >= 0.6 is 11.3 Å². The summed E-state index contributed by atoms with van der Waals surface area (Å²) in [5.41, 5.74) is 11.3. The van der Waals surface area contributed by atoms with Crippen LogP contribution in [0.2, 0.25) is 0 Å². The minimum Gasteiger partial charge on any atom is -0.310 e. The Morgan fingerprint density at radius 3 is 1.96 bits per heavy atom. The topological polar surface area (TPSA) is 3.24 Å². The highest BCUT2D eigenvalue weighted by Gasteiger charge is 2.35.